The van der Waals surface area contributed by atoms with Gasteiger partial charge in [-0.2, -0.15) is 0 Å². The van der Waals surface area contributed by atoms with Gasteiger partial charge >= 0.3 is 5.97 Å². The van der Waals surface area contributed by atoms with Crippen molar-refractivity contribution < 1.29 is 14.3 Å². The third-order valence-corrected chi connectivity index (χ3v) is 3.84. The molecule has 1 aromatic carbocycles. The lowest BCUT2D eigenvalue weighted by molar-refractivity contribution is 0.0526. The Kier molecular flexibility index (Phi) is 5.17. The smallest absolute Gasteiger partial charge is 0.367 e. The number of esters is 1. The number of halogens is 2. The van der Waals surface area contributed by atoms with Crippen LogP contribution in [0.15, 0.2) is 23.6 Å². The number of nitrogens with zero attached hydrogens (tertiary/aromatic N) is 1. The molecule has 0 spiro atoms. The average Bonchev–Trinajstić information content (AvgIpc) is 2.93. The summed E-state index contributed by atoms with van der Waals surface area (Å²) in [6.45, 7) is 1.94. The predicted molar refractivity (Wildman–Crippen MR) is 82.5 cm³/mol. The summed E-state index contributed by atoms with van der Waals surface area (Å²) in [5.74, 6) is -1.06. The summed E-state index contributed by atoms with van der Waals surface area (Å²) < 4.78 is 4.81. The third-order valence-electron chi connectivity index (χ3n) is 2.39. The topological polar surface area (TPSA) is 68.3 Å². The van der Waals surface area contributed by atoms with Gasteiger partial charge in [0.25, 0.3) is 5.91 Å². The lowest BCUT2D eigenvalue weighted by atomic mass is 10.3. The van der Waals surface area contributed by atoms with Crippen LogP contribution < -0.4 is 5.32 Å². The van der Waals surface area contributed by atoms with Gasteiger partial charge in [-0.05, 0) is 19.1 Å². The van der Waals surface area contributed by atoms with Crippen LogP contribution in [0.4, 0.5) is 5.69 Å². The third kappa shape index (κ3) is 3.72. The number of carbonyl (C=O) groups excluding carboxylic acids is 2. The molecule has 0 aliphatic carbocycles. The maximum Gasteiger partial charge on any atom is 0.367 e. The van der Waals surface area contributed by atoms with E-state index in [2.05, 4.69) is 10.3 Å². The summed E-state index contributed by atoms with van der Waals surface area (Å²) in [5.41, 5.74) is 0.399. The van der Waals surface area contributed by atoms with Gasteiger partial charge in [0.1, 0.15) is 5.69 Å². The van der Waals surface area contributed by atoms with Crippen LogP contribution in [0.1, 0.15) is 27.2 Å². The number of para-hydroxylation sites is 1. The van der Waals surface area contributed by atoms with Crippen LogP contribution >= 0.6 is 34.5 Å². The zero-order valence-electron chi connectivity index (χ0n) is 10.9. The van der Waals surface area contributed by atoms with E-state index in [9.17, 15) is 9.59 Å². The van der Waals surface area contributed by atoms with Crippen molar-refractivity contribution >= 4 is 52.1 Å². The Hall–Kier alpha value is -1.63. The molecule has 0 aliphatic rings. The van der Waals surface area contributed by atoms with Gasteiger partial charge in [0.2, 0.25) is 5.01 Å². The Morgan fingerprint density at radius 3 is 2.62 bits per heavy atom. The number of thiazole rings is 1. The predicted octanol–water partition coefficient (Wildman–Crippen LogP) is 3.88. The van der Waals surface area contributed by atoms with Crippen LogP contribution in [0, 0.1) is 0 Å². The molecule has 0 atom stereocenters. The first kappa shape index (κ1) is 15.8. The number of ether oxygens (including phenoxy) is 1. The summed E-state index contributed by atoms with van der Waals surface area (Å²) >= 11 is 13.0. The standard InChI is InChI=1S/C13H10Cl2N2O3S/c1-2-20-13(19)12-16-9(6-21-12)11(18)17-10-7(14)4-3-5-8(10)15/h3-6H,2H2,1H3,(H,17,18). The Morgan fingerprint density at radius 2 is 2.00 bits per heavy atom. The Labute approximate surface area is 134 Å². The van der Waals surface area contributed by atoms with E-state index in [-0.39, 0.29) is 17.3 Å². The van der Waals surface area contributed by atoms with Gasteiger partial charge in [0.05, 0.1) is 22.3 Å². The zero-order valence-corrected chi connectivity index (χ0v) is 13.2. The molecule has 1 amide bonds. The van der Waals surface area contributed by atoms with E-state index < -0.39 is 11.9 Å². The molecule has 5 nitrogen and oxygen atoms in total. The van der Waals surface area contributed by atoms with E-state index in [4.69, 9.17) is 27.9 Å². The van der Waals surface area contributed by atoms with Crippen molar-refractivity contribution in [3.8, 4) is 0 Å². The van der Waals surface area contributed by atoms with Gasteiger partial charge in [-0.3, -0.25) is 4.79 Å². The Morgan fingerprint density at radius 1 is 1.33 bits per heavy atom. The highest BCUT2D eigenvalue weighted by atomic mass is 35.5. The molecule has 0 saturated carbocycles. The van der Waals surface area contributed by atoms with Crippen molar-refractivity contribution in [2.24, 2.45) is 0 Å². The highest BCUT2D eigenvalue weighted by Crippen LogP contribution is 2.30. The van der Waals surface area contributed by atoms with Crippen molar-refractivity contribution in [2.45, 2.75) is 6.92 Å². The van der Waals surface area contributed by atoms with Crippen molar-refractivity contribution in [3.63, 3.8) is 0 Å². The first-order valence-electron chi connectivity index (χ1n) is 5.91. The van der Waals surface area contributed by atoms with Crippen molar-refractivity contribution in [3.05, 3.63) is 44.3 Å². The fourth-order valence-corrected chi connectivity index (χ4v) is 2.64. The SMILES string of the molecule is CCOC(=O)c1nc(C(=O)Nc2c(Cl)cccc2Cl)cs1. The summed E-state index contributed by atoms with van der Waals surface area (Å²) in [6.07, 6.45) is 0. The first-order chi connectivity index (χ1) is 10.0. The Bertz CT molecular complexity index is 668. The van der Waals surface area contributed by atoms with Crippen LogP contribution in [0.2, 0.25) is 10.0 Å². The molecule has 1 aromatic heterocycles. The molecular formula is C13H10Cl2N2O3S. The van der Waals surface area contributed by atoms with Gasteiger partial charge in [0, 0.05) is 5.38 Å². The van der Waals surface area contributed by atoms with Gasteiger partial charge < -0.3 is 10.1 Å². The number of hydrogen-bond acceptors (Lipinski definition) is 5. The van der Waals surface area contributed by atoms with E-state index in [0.717, 1.165) is 11.3 Å². The molecule has 0 saturated heterocycles. The normalized spacial score (nSPS) is 10.2. The fraction of sp³-hybridized carbons (Fsp3) is 0.154. The number of amides is 1. The Balaban J connectivity index is 2.16. The number of hydrogen-bond donors (Lipinski definition) is 1. The molecule has 8 heteroatoms. The van der Waals surface area contributed by atoms with E-state index in [1.54, 1.807) is 25.1 Å². The van der Waals surface area contributed by atoms with Gasteiger partial charge in [-0.25, -0.2) is 9.78 Å². The van der Waals surface area contributed by atoms with Crippen LogP contribution in [0.3, 0.4) is 0 Å². The summed E-state index contributed by atoms with van der Waals surface area (Å²) in [5, 5.41) is 4.78. The monoisotopic (exact) mass is 344 g/mol. The molecule has 110 valence electrons. The quantitative estimate of drug-likeness (QED) is 0.854. The lowest BCUT2D eigenvalue weighted by Gasteiger charge is -2.07. The fourth-order valence-electron chi connectivity index (χ4n) is 1.46. The minimum atomic E-state index is -0.558. The zero-order chi connectivity index (χ0) is 15.4. The molecule has 21 heavy (non-hydrogen) atoms. The molecule has 0 unspecified atom stereocenters. The molecule has 0 bridgehead atoms. The molecule has 0 aliphatic heterocycles. The second kappa shape index (κ2) is 6.89. The van der Waals surface area contributed by atoms with Crippen LogP contribution in [0.25, 0.3) is 0 Å². The number of benzene rings is 1. The number of nitrogens with one attached hydrogen (secondary N) is 1. The van der Waals surface area contributed by atoms with E-state index >= 15 is 0 Å². The molecular weight excluding hydrogens is 335 g/mol. The maximum absolute atomic E-state index is 12.1. The number of rotatable bonds is 4. The largest absolute Gasteiger partial charge is 0.461 e. The molecule has 1 N–H and O–H groups in total. The van der Waals surface area contributed by atoms with Gasteiger partial charge in [-0.15, -0.1) is 11.3 Å². The second-order valence-electron chi connectivity index (χ2n) is 3.81. The van der Waals surface area contributed by atoms with Crippen LogP contribution in [0.5, 0.6) is 0 Å². The van der Waals surface area contributed by atoms with Crippen molar-refractivity contribution in [2.75, 3.05) is 11.9 Å². The van der Waals surface area contributed by atoms with E-state index in [1.165, 1.54) is 5.38 Å². The summed E-state index contributed by atoms with van der Waals surface area (Å²) in [6, 6.07) is 4.88. The van der Waals surface area contributed by atoms with Gasteiger partial charge in [-0.1, -0.05) is 29.3 Å². The first-order valence-corrected chi connectivity index (χ1v) is 7.54. The molecule has 1 heterocycles. The number of carbonyl (C=O) groups is 2. The molecule has 2 aromatic rings. The molecule has 0 fully saturated rings. The maximum atomic E-state index is 12.1. The van der Waals surface area contributed by atoms with E-state index in [1.807, 2.05) is 0 Å². The highest BCUT2D eigenvalue weighted by molar-refractivity contribution is 7.11. The van der Waals surface area contributed by atoms with Crippen LogP contribution in [-0.4, -0.2) is 23.5 Å². The minimum Gasteiger partial charge on any atom is -0.461 e. The van der Waals surface area contributed by atoms with Crippen molar-refractivity contribution in [1.29, 1.82) is 0 Å². The highest BCUT2D eigenvalue weighted by Gasteiger charge is 2.18. The summed E-state index contributed by atoms with van der Waals surface area (Å²) in [7, 11) is 0. The summed E-state index contributed by atoms with van der Waals surface area (Å²) in [4.78, 5) is 27.5. The van der Waals surface area contributed by atoms with Gasteiger partial charge in [0.15, 0.2) is 0 Å². The minimum absolute atomic E-state index is 0.0963. The second-order valence-corrected chi connectivity index (χ2v) is 5.48. The number of anilines is 1. The molecule has 0 radical (unpaired) electrons. The lowest BCUT2D eigenvalue weighted by Crippen LogP contribution is -2.14. The number of aromatic nitrogens is 1. The molecule has 2 rings (SSSR count). The van der Waals surface area contributed by atoms with E-state index in [0.29, 0.717) is 15.7 Å². The average molecular weight is 345 g/mol. The van der Waals surface area contributed by atoms with Crippen LogP contribution in [-0.2, 0) is 4.74 Å². The van der Waals surface area contributed by atoms with Crippen molar-refractivity contribution in [1.82, 2.24) is 4.98 Å².